The third-order valence-electron chi connectivity index (χ3n) is 2.15. The Kier molecular flexibility index (Phi) is 3.42. The molecule has 0 saturated carbocycles. The largest absolute Gasteiger partial charge is 0.477 e. The summed E-state index contributed by atoms with van der Waals surface area (Å²) in [7, 11) is -3.72. The van der Waals surface area contributed by atoms with Crippen LogP contribution in [-0.2, 0) is 10.0 Å². The number of hydrogen-bond donors (Lipinski definition) is 2. The zero-order chi connectivity index (χ0) is 13.3. The molecule has 5 nitrogen and oxygen atoms in total. The third kappa shape index (κ3) is 2.55. The van der Waals surface area contributed by atoms with E-state index in [1.54, 1.807) is 23.8 Å². The van der Waals surface area contributed by atoms with Crippen molar-refractivity contribution < 1.29 is 18.3 Å². The molecule has 2 N–H and O–H groups in total. The number of hydrogen-bond acceptors (Lipinski definition) is 5. The lowest BCUT2D eigenvalue weighted by atomic mass is 10.4. The van der Waals surface area contributed by atoms with Crippen LogP contribution in [0.15, 0.2) is 27.8 Å². The molecule has 0 aromatic carbocycles. The van der Waals surface area contributed by atoms with Gasteiger partial charge in [0.15, 0.2) is 0 Å². The van der Waals surface area contributed by atoms with Crippen molar-refractivity contribution in [2.75, 3.05) is 4.72 Å². The Bertz CT molecular complexity index is 670. The lowest BCUT2D eigenvalue weighted by molar-refractivity contribution is 0.0702. The maximum absolute atomic E-state index is 12.1. The molecule has 18 heavy (non-hydrogen) atoms. The molecule has 0 aliphatic carbocycles. The molecule has 0 unspecified atom stereocenters. The minimum atomic E-state index is -3.72. The summed E-state index contributed by atoms with van der Waals surface area (Å²) in [5.74, 6) is -1.12. The summed E-state index contributed by atoms with van der Waals surface area (Å²) in [5.41, 5.74) is 0.475. The summed E-state index contributed by atoms with van der Waals surface area (Å²) in [6.07, 6.45) is 0. The number of carboxylic acids is 1. The Hall–Kier alpha value is -1.38. The Labute approximate surface area is 112 Å². The highest BCUT2D eigenvalue weighted by atomic mass is 32.2. The molecule has 2 aromatic rings. The van der Waals surface area contributed by atoms with Crippen molar-refractivity contribution in [3.8, 4) is 0 Å². The molecular formula is C10H9NO4S3. The number of carboxylic acid groups (broad SMARTS) is 1. The van der Waals surface area contributed by atoms with Crippen molar-refractivity contribution in [2.45, 2.75) is 11.8 Å². The van der Waals surface area contributed by atoms with E-state index < -0.39 is 16.0 Å². The van der Waals surface area contributed by atoms with Crippen LogP contribution in [0, 0.1) is 6.92 Å². The first-order valence-corrected chi connectivity index (χ1v) is 8.03. The molecule has 0 atom stereocenters. The highest BCUT2D eigenvalue weighted by Crippen LogP contribution is 2.27. The zero-order valence-corrected chi connectivity index (χ0v) is 11.7. The van der Waals surface area contributed by atoms with E-state index in [0.29, 0.717) is 10.6 Å². The van der Waals surface area contributed by atoms with Crippen molar-refractivity contribution in [3.05, 3.63) is 32.6 Å². The van der Waals surface area contributed by atoms with Gasteiger partial charge in [0.2, 0.25) is 0 Å². The molecule has 0 fully saturated rings. The molecule has 0 amide bonds. The summed E-state index contributed by atoms with van der Waals surface area (Å²) in [5, 5.41) is 12.3. The van der Waals surface area contributed by atoms with Crippen LogP contribution in [0.25, 0.3) is 0 Å². The number of aryl methyl sites for hydroxylation is 1. The lowest BCUT2D eigenvalue weighted by Crippen LogP contribution is -2.12. The number of rotatable bonds is 4. The first-order valence-electron chi connectivity index (χ1n) is 4.79. The fourth-order valence-corrected chi connectivity index (χ4v) is 4.51. The molecule has 0 spiro atoms. The highest BCUT2D eigenvalue weighted by molar-refractivity contribution is 7.93. The van der Waals surface area contributed by atoms with Gasteiger partial charge in [0.25, 0.3) is 10.0 Å². The van der Waals surface area contributed by atoms with E-state index in [0.717, 1.165) is 11.3 Å². The van der Waals surface area contributed by atoms with Crippen LogP contribution in [0.1, 0.15) is 14.5 Å². The monoisotopic (exact) mass is 303 g/mol. The second-order valence-electron chi connectivity index (χ2n) is 3.45. The fourth-order valence-electron chi connectivity index (χ4n) is 1.37. The normalized spacial score (nSPS) is 11.4. The summed E-state index contributed by atoms with van der Waals surface area (Å²) >= 11 is 2.32. The van der Waals surface area contributed by atoms with Crippen molar-refractivity contribution >= 4 is 44.4 Å². The first-order chi connectivity index (χ1) is 8.40. The van der Waals surface area contributed by atoms with Crippen LogP contribution < -0.4 is 4.72 Å². The molecule has 8 heteroatoms. The maximum atomic E-state index is 12.1. The summed E-state index contributed by atoms with van der Waals surface area (Å²) in [4.78, 5) is 11.3. The van der Waals surface area contributed by atoms with Crippen LogP contribution in [0.5, 0.6) is 0 Å². The lowest BCUT2D eigenvalue weighted by Gasteiger charge is -2.04. The van der Waals surface area contributed by atoms with Gasteiger partial charge in [-0.3, -0.25) is 4.72 Å². The number of sulfonamides is 1. The van der Waals surface area contributed by atoms with Crippen molar-refractivity contribution in [1.29, 1.82) is 0 Å². The fraction of sp³-hybridized carbons (Fsp3) is 0.100. The number of thiophene rings is 2. The van der Waals surface area contributed by atoms with E-state index >= 15 is 0 Å². The second kappa shape index (κ2) is 4.71. The van der Waals surface area contributed by atoms with Crippen molar-refractivity contribution in [3.63, 3.8) is 0 Å². The minimum absolute atomic E-state index is 0.0103. The summed E-state index contributed by atoms with van der Waals surface area (Å²) < 4.78 is 26.5. The van der Waals surface area contributed by atoms with E-state index in [1.165, 1.54) is 17.4 Å². The predicted octanol–water partition coefficient (Wildman–Crippen LogP) is 2.62. The van der Waals surface area contributed by atoms with E-state index in [4.69, 9.17) is 5.11 Å². The molecule has 0 radical (unpaired) electrons. The van der Waals surface area contributed by atoms with E-state index in [1.807, 2.05) is 0 Å². The van der Waals surface area contributed by atoms with Gasteiger partial charge in [-0.25, -0.2) is 13.2 Å². The molecule has 0 saturated heterocycles. The van der Waals surface area contributed by atoms with Gasteiger partial charge in [-0.05, 0) is 24.4 Å². The Morgan fingerprint density at radius 1 is 1.44 bits per heavy atom. The molecular weight excluding hydrogens is 294 g/mol. The topological polar surface area (TPSA) is 83.5 Å². The van der Waals surface area contributed by atoms with Gasteiger partial charge in [0.05, 0.1) is 5.69 Å². The van der Waals surface area contributed by atoms with Gasteiger partial charge in [0, 0.05) is 10.3 Å². The van der Waals surface area contributed by atoms with E-state index in [9.17, 15) is 13.2 Å². The average molecular weight is 303 g/mol. The third-order valence-corrected chi connectivity index (χ3v) is 5.50. The predicted molar refractivity (Wildman–Crippen MR) is 71.1 cm³/mol. The number of carbonyl (C=O) groups is 1. The minimum Gasteiger partial charge on any atom is -0.477 e. The molecule has 0 aliphatic rings. The van der Waals surface area contributed by atoms with Crippen LogP contribution in [0.2, 0.25) is 0 Å². The summed E-state index contributed by atoms with van der Waals surface area (Å²) in [6, 6.07) is 2.82. The Balaban J connectivity index is 2.38. The van der Waals surface area contributed by atoms with Gasteiger partial charge in [-0.1, -0.05) is 0 Å². The van der Waals surface area contributed by atoms with Gasteiger partial charge in [-0.15, -0.1) is 11.3 Å². The van der Waals surface area contributed by atoms with Crippen molar-refractivity contribution in [2.24, 2.45) is 0 Å². The van der Waals surface area contributed by atoms with Gasteiger partial charge < -0.3 is 5.11 Å². The number of anilines is 1. The van der Waals surface area contributed by atoms with Crippen molar-refractivity contribution in [1.82, 2.24) is 0 Å². The van der Waals surface area contributed by atoms with E-state index in [2.05, 4.69) is 4.72 Å². The molecule has 0 aliphatic heterocycles. The Morgan fingerprint density at radius 3 is 2.67 bits per heavy atom. The standard InChI is InChI=1S/C10H9NO4S3/c1-6-9(4-8(17-6)10(12)13)18(14,15)11-7-2-3-16-5-7/h2-5,11H,1H3,(H,12,13). The molecule has 2 rings (SSSR count). The Morgan fingerprint density at radius 2 is 2.17 bits per heavy atom. The summed E-state index contributed by atoms with van der Waals surface area (Å²) in [6.45, 7) is 1.58. The van der Waals surface area contributed by atoms with Gasteiger partial charge in [0.1, 0.15) is 9.77 Å². The molecule has 2 heterocycles. The first kappa shape index (κ1) is 13.1. The smallest absolute Gasteiger partial charge is 0.345 e. The van der Waals surface area contributed by atoms with Crippen LogP contribution in [0.4, 0.5) is 5.69 Å². The average Bonchev–Trinajstić information content (AvgIpc) is 2.86. The molecule has 2 aromatic heterocycles. The maximum Gasteiger partial charge on any atom is 0.345 e. The zero-order valence-electron chi connectivity index (χ0n) is 9.21. The van der Waals surface area contributed by atoms with Crippen LogP contribution >= 0.6 is 22.7 Å². The molecule has 96 valence electrons. The quantitative estimate of drug-likeness (QED) is 0.909. The SMILES string of the molecule is Cc1sc(C(=O)O)cc1S(=O)(=O)Nc1ccsc1. The van der Waals surface area contributed by atoms with Crippen LogP contribution in [-0.4, -0.2) is 19.5 Å². The van der Waals surface area contributed by atoms with Gasteiger partial charge >= 0.3 is 5.97 Å². The number of nitrogens with one attached hydrogen (secondary N) is 1. The number of aromatic carboxylic acids is 1. The highest BCUT2D eigenvalue weighted by Gasteiger charge is 2.22. The molecule has 0 bridgehead atoms. The van der Waals surface area contributed by atoms with Crippen LogP contribution in [0.3, 0.4) is 0 Å². The van der Waals surface area contributed by atoms with Gasteiger partial charge in [-0.2, -0.15) is 11.3 Å². The van der Waals surface area contributed by atoms with E-state index in [-0.39, 0.29) is 9.77 Å². The second-order valence-corrected chi connectivity index (χ2v) is 7.14.